The molecule has 1 amide bonds. The minimum absolute atomic E-state index is 0.0490. The van der Waals surface area contributed by atoms with E-state index in [0.717, 1.165) is 44.7 Å². The summed E-state index contributed by atoms with van der Waals surface area (Å²) >= 11 is 0. The summed E-state index contributed by atoms with van der Waals surface area (Å²) in [7, 11) is 0. The van der Waals surface area contributed by atoms with Gasteiger partial charge in [-0.3, -0.25) is 9.78 Å². The van der Waals surface area contributed by atoms with Crippen molar-refractivity contribution in [3.63, 3.8) is 0 Å². The van der Waals surface area contributed by atoms with Crippen molar-refractivity contribution in [3.05, 3.63) is 42.0 Å². The molecule has 4 rings (SSSR count). The first-order valence-corrected chi connectivity index (χ1v) is 9.01. The first-order valence-electron chi connectivity index (χ1n) is 9.01. The number of nitrogens with zero attached hydrogens (tertiary/aromatic N) is 3. The third kappa shape index (κ3) is 3.58. The summed E-state index contributed by atoms with van der Waals surface area (Å²) in [5, 5.41) is 3.83. The van der Waals surface area contributed by atoms with Gasteiger partial charge in [0.05, 0.1) is 18.9 Å². The molecule has 7 nitrogen and oxygen atoms in total. The van der Waals surface area contributed by atoms with E-state index in [1.165, 1.54) is 0 Å². The van der Waals surface area contributed by atoms with Gasteiger partial charge in [0.25, 0.3) is 5.91 Å². The first-order chi connectivity index (χ1) is 12.6. The van der Waals surface area contributed by atoms with Gasteiger partial charge in [0.2, 0.25) is 0 Å². The Morgan fingerprint density at radius 2 is 2.27 bits per heavy atom. The summed E-state index contributed by atoms with van der Waals surface area (Å²) in [6, 6.07) is 5.44. The number of carbonyl (C=O) groups excluding carboxylic acids is 1. The molecule has 2 aromatic heterocycles. The van der Waals surface area contributed by atoms with Gasteiger partial charge in [-0.05, 0) is 43.7 Å². The quantitative estimate of drug-likeness (QED) is 0.836. The molecule has 2 fully saturated rings. The van der Waals surface area contributed by atoms with Crippen molar-refractivity contribution in [2.45, 2.75) is 32.3 Å². The van der Waals surface area contributed by atoms with Gasteiger partial charge in [0.15, 0.2) is 5.69 Å². The van der Waals surface area contributed by atoms with E-state index < -0.39 is 0 Å². The maximum absolute atomic E-state index is 12.5. The normalized spacial score (nSPS) is 21.9. The topological polar surface area (TPSA) is 77.7 Å². The minimum Gasteiger partial charge on any atom is -0.489 e. The van der Waals surface area contributed by atoms with Crippen molar-refractivity contribution in [1.82, 2.24) is 15.0 Å². The maximum atomic E-state index is 12.5. The average molecular weight is 357 g/mol. The first kappa shape index (κ1) is 17.0. The van der Waals surface area contributed by atoms with Crippen LogP contribution in [0.5, 0.6) is 5.75 Å². The number of piperidine rings is 1. The molecule has 7 heteroatoms. The predicted molar refractivity (Wildman–Crippen MR) is 92.9 cm³/mol. The predicted octanol–water partition coefficient (Wildman–Crippen LogP) is 2.47. The van der Waals surface area contributed by atoms with Crippen LogP contribution in [-0.4, -0.2) is 53.4 Å². The second kappa shape index (κ2) is 7.07. The molecular weight excluding hydrogens is 334 g/mol. The SMILES string of the molecule is Cc1cc(C(=O)N2CCC3(CC2)CO[C@@H](COc2cccnc2)C3)no1. The van der Waals surface area contributed by atoms with Crippen LogP contribution in [-0.2, 0) is 4.74 Å². The van der Waals surface area contributed by atoms with Crippen molar-refractivity contribution in [2.75, 3.05) is 26.3 Å². The Morgan fingerprint density at radius 1 is 1.42 bits per heavy atom. The van der Waals surface area contributed by atoms with E-state index in [-0.39, 0.29) is 17.4 Å². The molecule has 26 heavy (non-hydrogen) atoms. The van der Waals surface area contributed by atoms with Crippen molar-refractivity contribution >= 4 is 5.91 Å². The third-order valence-electron chi connectivity index (χ3n) is 5.31. The van der Waals surface area contributed by atoms with Crippen LogP contribution in [0.4, 0.5) is 0 Å². The second-order valence-corrected chi connectivity index (χ2v) is 7.25. The molecular formula is C19H23N3O4. The van der Waals surface area contributed by atoms with Gasteiger partial charge in [-0.15, -0.1) is 0 Å². The fourth-order valence-electron chi connectivity index (χ4n) is 3.79. The third-order valence-corrected chi connectivity index (χ3v) is 5.31. The molecule has 2 aliphatic heterocycles. The number of hydrogen-bond acceptors (Lipinski definition) is 6. The molecule has 1 atom stereocenters. The lowest BCUT2D eigenvalue weighted by Gasteiger charge is -2.38. The number of ether oxygens (including phenoxy) is 2. The number of hydrogen-bond donors (Lipinski definition) is 0. The Labute approximate surface area is 152 Å². The van der Waals surface area contributed by atoms with Gasteiger partial charge in [0, 0.05) is 25.4 Å². The number of carbonyl (C=O) groups is 1. The molecule has 0 radical (unpaired) electrons. The molecule has 0 aliphatic carbocycles. The van der Waals surface area contributed by atoms with Crippen LogP contribution in [0.2, 0.25) is 0 Å². The number of likely N-dealkylation sites (tertiary alicyclic amines) is 1. The summed E-state index contributed by atoms with van der Waals surface area (Å²) in [6.07, 6.45) is 6.38. The monoisotopic (exact) mass is 357 g/mol. The molecule has 0 unspecified atom stereocenters. The number of amides is 1. The van der Waals surface area contributed by atoms with E-state index in [1.807, 2.05) is 17.0 Å². The fourth-order valence-corrected chi connectivity index (χ4v) is 3.79. The highest BCUT2D eigenvalue weighted by molar-refractivity contribution is 5.92. The number of aryl methyl sites for hydroxylation is 1. The Hall–Kier alpha value is -2.41. The van der Waals surface area contributed by atoms with E-state index in [1.54, 1.807) is 25.4 Å². The number of aromatic nitrogens is 2. The highest BCUT2D eigenvalue weighted by Gasteiger charge is 2.43. The van der Waals surface area contributed by atoms with Crippen molar-refractivity contribution < 1.29 is 18.8 Å². The molecule has 4 heterocycles. The van der Waals surface area contributed by atoms with E-state index >= 15 is 0 Å². The zero-order valence-corrected chi connectivity index (χ0v) is 14.9. The highest BCUT2D eigenvalue weighted by Crippen LogP contribution is 2.42. The van der Waals surface area contributed by atoms with Crippen LogP contribution in [0, 0.1) is 12.3 Å². The van der Waals surface area contributed by atoms with Crippen LogP contribution >= 0.6 is 0 Å². The maximum Gasteiger partial charge on any atom is 0.276 e. The molecule has 2 aromatic rings. The summed E-state index contributed by atoms with van der Waals surface area (Å²) < 4.78 is 16.8. The molecule has 2 saturated heterocycles. The molecule has 138 valence electrons. The molecule has 0 N–H and O–H groups in total. The summed E-state index contributed by atoms with van der Waals surface area (Å²) in [5.41, 5.74) is 0.545. The van der Waals surface area contributed by atoms with Crippen LogP contribution in [0.15, 0.2) is 35.1 Å². The zero-order valence-electron chi connectivity index (χ0n) is 14.9. The van der Waals surface area contributed by atoms with E-state index in [9.17, 15) is 4.79 Å². The van der Waals surface area contributed by atoms with Gasteiger partial charge < -0.3 is 18.9 Å². The zero-order chi connectivity index (χ0) is 18.0. The highest BCUT2D eigenvalue weighted by atomic mass is 16.5. The summed E-state index contributed by atoms with van der Waals surface area (Å²) in [6.45, 7) is 4.51. The van der Waals surface area contributed by atoms with Crippen molar-refractivity contribution in [2.24, 2.45) is 5.41 Å². The van der Waals surface area contributed by atoms with E-state index in [2.05, 4.69) is 10.1 Å². The van der Waals surface area contributed by atoms with Crippen molar-refractivity contribution in [1.29, 1.82) is 0 Å². The number of rotatable bonds is 4. The lowest BCUT2D eigenvalue weighted by molar-refractivity contribution is 0.0423. The van der Waals surface area contributed by atoms with Gasteiger partial charge in [0.1, 0.15) is 18.1 Å². The Morgan fingerprint density at radius 3 is 2.96 bits per heavy atom. The van der Waals surface area contributed by atoms with Gasteiger partial charge in [-0.1, -0.05) is 5.16 Å². The van der Waals surface area contributed by atoms with Crippen molar-refractivity contribution in [3.8, 4) is 5.75 Å². The summed E-state index contributed by atoms with van der Waals surface area (Å²) in [5.74, 6) is 1.37. The fraction of sp³-hybridized carbons (Fsp3) is 0.526. The van der Waals surface area contributed by atoms with Crippen LogP contribution in [0.3, 0.4) is 0 Å². The number of pyridine rings is 1. The lowest BCUT2D eigenvalue weighted by atomic mass is 9.76. The van der Waals surface area contributed by atoms with Crippen LogP contribution in [0.1, 0.15) is 35.5 Å². The van der Waals surface area contributed by atoms with Crippen LogP contribution in [0.25, 0.3) is 0 Å². The second-order valence-electron chi connectivity index (χ2n) is 7.25. The minimum atomic E-state index is -0.0490. The standard InChI is InChI=1S/C19H23N3O4/c1-14-9-17(21-26-14)18(23)22-7-4-19(5-8-22)10-16(25-13-19)12-24-15-3-2-6-20-11-15/h2-3,6,9,11,16H,4-5,7-8,10,12-13H2,1H3/t16-/m1/s1. The van der Waals surface area contributed by atoms with E-state index in [0.29, 0.717) is 18.1 Å². The molecule has 2 aliphatic rings. The molecule has 0 bridgehead atoms. The largest absolute Gasteiger partial charge is 0.489 e. The van der Waals surface area contributed by atoms with Gasteiger partial charge >= 0.3 is 0 Å². The Balaban J connectivity index is 1.28. The molecule has 1 spiro atoms. The summed E-state index contributed by atoms with van der Waals surface area (Å²) in [4.78, 5) is 18.4. The average Bonchev–Trinajstić information content (AvgIpc) is 3.28. The Bertz CT molecular complexity index is 753. The van der Waals surface area contributed by atoms with Gasteiger partial charge in [-0.2, -0.15) is 0 Å². The van der Waals surface area contributed by atoms with E-state index in [4.69, 9.17) is 14.0 Å². The molecule has 0 aromatic carbocycles. The smallest absolute Gasteiger partial charge is 0.276 e. The van der Waals surface area contributed by atoms with Crippen LogP contribution < -0.4 is 4.74 Å². The Kier molecular flexibility index (Phi) is 4.63. The lowest BCUT2D eigenvalue weighted by Crippen LogP contribution is -2.43. The molecule has 0 saturated carbocycles. The van der Waals surface area contributed by atoms with Gasteiger partial charge in [-0.25, -0.2) is 0 Å².